The number of carbonyl (C=O) groups is 2. The summed E-state index contributed by atoms with van der Waals surface area (Å²) in [5.41, 5.74) is 0.375. The zero-order chi connectivity index (χ0) is 15.8. The molecule has 0 spiro atoms. The smallest absolute Gasteiger partial charge is 0.263 e. The second-order valence-electron chi connectivity index (χ2n) is 4.50. The fraction of sp³-hybridized carbons (Fsp3) is 0.500. The van der Waals surface area contributed by atoms with Gasteiger partial charge in [0.2, 0.25) is 0 Å². The molecule has 0 aliphatic heterocycles. The van der Waals surface area contributed by atoms with Crippen molar-refractivity contribution >= 4 is 12.2 Å². The predicted molar refractivity (Wildman–Crippen MR) is 81.0 cm³/mol. The van der Waals surface area contributed by atoms with Gasteiger partial charge in [0.05, 0.1) is 12.2 Å². The van der Waals surface area contributed by atoms with Crippen LogP contribution in [0.4, 0.5) is 0 Å². The summed E-state index contributed by atoms with van der Waals surface area (Å²) in [5, 5.41) is 0. The second-order valence-corrected chi connectivity index (χ2v) is 4.50. The fourth-order valence-electron chi connectivity index (χ4n) is 2.04. The monoisotopic (exact) mass is 293 g/mol. The van der Waals surface area contributed by atoms with Gasteiger partial charge >= 0.3 is 0 Å². The molecule has 5 nitrogen and oxygen atoms in total. The summed E-state index contributed by atoms with van der Waals surface area (Å²) in [4.78, 5) is 25.1. The SMILES string of the molecule is CCOc1cccc(C=O)c1OC(C)C(=O)N(CC)CC. The Kier molecular flexibility index (Phi) is 6.72. The molecule has 0 bridgehead atoms. The minimum atomic E-state index is -0.676. The van der Waals surface area contributed by atoms with Gasteiger partial charge in [-0.05, 0) is 39.8 Å². The van der Waals surface area contributed by atoms with Crippen LogP contribution in [-0.2, 0) is 4.79 Å². The molecule has 1 rings (SSSR count). The van der Waals surface area contributed by atoms with Crippen molar-refractivity contribution in [2.24, 2.45) is 0 Å². The van der Waals surface area contributed by atoms with Crippen LogP contribution in [0.25, 0.3) is 0 Å². The maximum Gasteiger partial charge on any atom is 0.263 e. The van der Waals surface area contributed by atoms with E-state index in [0.717, 1.165) is 0 Å². The van der Waals surface area contributed by atoms with E-state index in [-0.39, 0.29) is 5.91 Å². The van der Waals surface area contributed by atoms with E-state index in [2.05, 4.69) is 0 Å². The van der Waals surface area contributed by atoms with Gasteiger partial charge in [-0.2, -0.15) is 0 Å². The molecule has 1 atom stereocenters. The number of ether oxygens (including phenoxy) is 2. The van der Waals surface area contributed by atoms with E-state index in [1.165, 1.54) is 0 Å². The van der Waals surface area contributed by atoms with Gasteiger partial charge in [-0.15, -0.1) is 0 Å². The quantitative estimate of drug-likeness (QED) is 0.691. The topological polar surface area (TPSA) is 55.8 Å². The predicted octanol–water partition coefficient (Wildman–Crippen LogP) is 2.53. The van der Waals surface area contributed by atoms with Crippen LogP contribution in [0.3, 0.4) is 0 Å². The van der Waals surface area contributed by atoms with Crippen molar-refractivity contribution in [3.8, 4) is 11.5 Å². The lowest BCUT2D eigenvalue weighted by atomic mass is 10.2. The highest BCUT2D eigenvalue weighted by molar-refractivity contribution is 5.83. The third kappa shape index (κ3) is 4.21. The van der Waals surface area contributed by atoms with Gasteiger partial charge in [0, 0.05) is 13.1 Å². The van der Waals surface area contributed by atoms with Gasteiger partial charge in [0.1, 0.15) is 0 Å². The first-order valence-electron chi connectivity index (χ1n) is 7.25. The molecule has 0 N–H and O–H groups in total. The summed E-state index contributed by atoms with van der Waals surface area (Å²) >= 11 is 0. The molecular weight excluding hydrogens is 270 g/mol. The molecule has 1 unspecified atom stereocenters. The minimum Gasteiger partial charge on any atom is -0.490 e. The molecule has 0 fully saturated rings. The zero-order valence-electron chi connectivity index (χ0n) is 13.1. The standard InChI is InChI=1S/C16H23NO4/c1-5-17(6-2)16(19)12(4)21-15-13(11-18)9-8-10-14(15)20-7-3/h8-12H,5-7H2,1-4H3. The third-order valence-electron chi connectivity index (χ3n) is 3.15. The third-order valence-corrected chi connectivity index (χ3v) is 3.15. The molecule has 0 saturated heterocycles. The molecule has 21 heavy (non-hydrogen) atoms. The Labute approximate surface area is 125 Å². The lowest BCUT2D eigenvalue weighted by Gasteiger charge is -2.24. The normalized spacial score (nSPS) is 11.6. The Morgan fingerprint density at radius 2 is 1.95 bits per heavy atom. The average Bonchev–Trinajstić information content (AvgIpc) is 2.50. The van der Waals surface area contributed by atoms with E-state index in [0.29, 0.717) is 43.0 Å². The van der Waals surface area contributed by atoms with Crippen molar-refractivity contribution < 1.29 is 19.1 Å². The first-order valence-corrected chi connectivity index (χ1v) is 7.25. The van der Waals surface area contributed by atoms with Crippen LogP contribution in [0, 0.1) is 0 Å². The van der Waals surface area contributed by atoms with Crippen LogP contribution in [0.1, 0.15) is 38.1 Å². The molecule has 0 saturated carbocycles. The van der Waals surface area contributed by atoms with Gasteiger partial charge in [0.15, 0.2) is 23.9 Å². The van der Waals surface area contributed by atoms with Gasteiger partial charge in [-0.1, -0.05) is 6.07 Å². The summed E-state index contributed by atoms with van der Waals surface area (Å²) in [7, 11) is 0. The molecule has 0 aromatic heterocycles. The van der Waals surface area contributed by atoms with Gasteiger partial charge in [0.25, 0.3) is 5.91 Å². The lowest BCUT2D eigenvalue weighted by Crippen LogP contribution is -2.40. The fourth-order valence-corrected chi connectivity index (χ4v) is 2.04. The van der Waals surface area contributed by atoms with Crippen molar-refractivity contribution in [1.29, 1.82) is 0 Å². The number of nitrogens with zero attached hydrogens (tertiary/aromatic N) is 1. The summed E-state index contributed by atoms with van der Waals surface area (Å²) in [6.07, 6.45) is 0.0251. The molecule has 1 amide bonds. The molecule has 0 aliphatic rings. The highest BCUT2D eigenvalue weighted by Gasteiger charge is 2.22. The largest absolute Gasteiger partial charge is 0.490 e. The summed E-state index contributed by atoms with van der Waals surface area (Å²) in [5.74, 6) is 0.687. The van der Waals surface area contributed by atoms with Crippen molar-refractivity contribution in [3.63, 3.8) is 0 Å². The minimum absolute atomic E-state index is 0.108. The first-order chi connectivity index (χ1) is 10.1. The average molecular weight is 293 g/mol. The van der Waals surface area contributed by atoms with E-state index in [1.54, 1.807) is 30.0 Å². The van der Waals surface area contributed by atoms with Crippen molar-refractivity contribution in [3.05, 3.63) is 23.8 Å². The molecular formula is C16H23NO4. The van der Waals surface area contributed by atoms with E-state index < -0.39 is 6.10 Å². The van der Waals surface area contributed by atoms with Crippen LogP contribution in [-0.4, -0.2) is 42.9 Å². The maximum atomic E-state index is 12.3. The van der Waals surface area contributed by atoms with E-state index in [4.69, 9.17) is 9.47 Å². The number of aldehydes is 1. The maximum absolute atomic E-state index is 12.3. The Bertz CT molecular complexity index is 483. The zero-order valence-corrected chi connectivity index (χ0v) is 13.1. The number of hydrogen-bond acceptors (Lipinski definition) is 4. The van der Waals surface area contributed by atoms with Crippen LogP contribution in [0.5, 0.6) is 11.5 Å². The molecule has 0 heterocycles. The number of amides is 1. The second kappa shape index (κ2) is 8.29. The van der Waals surface area contributed by atoms with Crippen molar-refractivity contribution in [2.75, 3.05) is 19.7 Å². The number of likely N-dealkylation sites (N-methyl/N-ethyl adjacent to an activating group) is 1. The van der Waals surface area contributed by atoms with E-state index in [9.17, 15) is 9.59 Å². The number of benzene rings is 1. The lowest BCUT2D eigenvalue weighted by molar-refractivity contribution is -0.137. The highest BCUT2D eigenvalue weighted by atomic mass is 16.5. The Morgan fingerprint density at radius 1 is 1.29 bits per heavy atom. The Balaban J connectivity index is 3.00. The van der Waals surface area contributed by atoms with Gasteiger partial charge < -0.3 is 14.4 Å². The van der Waals surface area contributed by atoms with E-state index >= 15 is 0 Å². The molecule has 0 radical (unpaired) electrons. The Hall–Kier alpha value is -2.04. The number of rotatable bonds is 8. The molecule has 1 aromatic rings. The summed E-state index contributed by atoms with van der Waals surface area (Å²) in [6, 6.07) is 5.08. The molecule has 0 aliphatic carbocycles. The van der Waals surface area contributed by atoms with Crippen LogP contribution in [0.15, 0.2) is 18.2 Å². The summed E-state index contributed by atoms with van der Waals surface area (Å²) in [6.45, 7) is 9.06. The van der Waals surface area contributed by atoms with Gasteiger partial charge in [-0.25, -0.2) is 0 Å². The van der Waals surface area contributed by atoms with Gasteiger partial charge in [-0.3, -0.25) is 9.59 Å². The van der Waals surface area contributed by atoms with Crippen molar-refractivity contribution in [2.45, 2.75) is 33.8 Å². The molecule has 5 heteroatoms. The number of hydrogen-bond donors (Lipinski definition) is 0. The van der Waals surface area contributed by atoms with Crippen LogP contribution in [0.2, 0.25) is 0 Å². The Morgan fingerprint density at radius 3 is 2.48 bits per heavy atom. The van der Waals surface area contributed by atoms with Crippen molar-refractivity contribution in [1.82, 2.24) is 4.90 Å². The van der Waals surface area contributed by atoms with Crippen LogP contribution >= 0.6 is 0 Å². The molecule has 1 aromatic carbocycles. The number of para-hydroxylation sites is 1. The van der Waals surface area contributed by atoms with E-state index in [1.807, 2.05) is 20.8 Å². The first kappa shape index (κ1) is 17.0. The number of carbonyl (C=O) groups excluding carboxylic acids is 2. The van der Waals surface area contributed by atoms with Crippen LogP contribution < -0.4 is 9.47 Å². The molecule has 116 valence electrons. The highest BCUT2D eigenvalue weighted by Crippen LogP contribution is 2.31. The summed E-state index contributed by atoms with van der Waals surface area (Å²) < 4.78 is 11.2.